The van der Waals surface area contributed by atoms with Crippen LogP contribution in [0, 0.1) is 5.92 Å². The van der Waals surface area contributed by atoms with E-state index in [2.05, 4.69) is 14.9 Å². The molecule has 4 rings (SSSR count). The zero-order chi connectivity index (χ0) is 17.9. The van der Waals surface area contributed by atoms with Crippen molar-refractivity contribution in [1.82, 2.24) is 9.55 Å². The van der Waals surface area contributed by atoms with E-state index in [1.165, 1.54) is 18.5 Å². The number of hydrogen-bond acceptors (Lipinski definition) is 4. The lowest BCUT2D eigenvalue weighted by molar-refractivity contribution is -0.119. The Hall–Kier alpha value is -2.18. The predicted octanol–water partition coefficient (Wildman–Crippen LogP) is 2.58. The van der Waals surface area contributed by atoms with Crippen LogP contribution in [0.5, 0.6) is 0 Å². The maximum absolute atomic E-state index is 12.4. The van der Waals surface area contributed by atoms with Crippen LogP contribution in [0.2, 0.25) is 0 Å². The molecule has 0 saturated carbocycles. The van der Waals surface area contributed by atoms with Gasteiger partial charge in [0.2, 0.25) is 5.91 Å². The molecule has 1 aromatic heterocycles. The van der Waals surface area contributed by atoms with E-state index in [1.54, 1.807) is 0 Å². The summed E-state index contributed by atoms with van der Waals surface area (Å²) in [5.41, 5.74) is 9.30. The molecule has 3 N–H and O–H groups in total. The standard InChI is InChI=1S/C20H26N4O2/c21-18(14-8-11-26-12-9-14)20(25)23-16-6-4-15(5-7-16)19-22-13-17-3-1-2-10-24(17)19/h4-7,13-14,18H,1-3,8-12,21H2,(H,23,25). The number of nitrogens with zero attached hydrogens (tertiary/aromatic N) is 2. The van der Waals surface area contributed by atoms with Crippen molar-refractivity contribution < 1.29 is 9.53 Å². The molecular formula is C20H26N4O2. The number of aryl methyl sites for hydroxylation is 1. The monoisotopic (exact) mass is 354 g/mol. The van der Waals surface area contributed by atoms with E-state index in [0.717, 1.165) is 42.9 Å². The molecule has 138 valence electrons. The third kappa shape index (κ3) is 3.52. The summed E-state index contributed by atoms with van der Waals surface area (Å²) in [6, 6.07) is 7.39. The largest absolute Gasteiger partial charge is 0.381 e. The fourth-order valence-corrected chi connectivity index (χ4v) is 3.88. The van der Waals surface area contributed by atoms with E-state index in [9.17, 15) is 4.79 Å². The van der Waals surface area contributed by atoms with Crippen LogP contribution in [-0.4, -0.2) is 34.7 Å². The number of benzene rings is 1. The Morgan fingerprint density at radius 3 is 2.77 bits per heavy atom. The van der Waals surface area contributed by atoms with E-state index < -0.39 is 6.04 Å². The first-order valence-corrected chi connectivity index (χ1v) is 9.51. The SMILES string of the molecule is NC(C(=O)Nc1ccc(-c2ncc3n2CCCC3)cc1)C1CCOCC1. The minimum Gasteiger partial charge on any atom is -0.381 e. The van der Waals surface area contributed by atoms with Gasteiger partial charge >= 0.3 is 0 Å². The first-order chi connectivity index (χ1) is 12.7. The van der Waals surface area contributed by atoms with Crippen molar-refractivity contribution in [3.05, 3.63) is 36.2 Å². The molecular weight excluding hydrogens is 328 g/mol. The molecule has 1 fully saturated rings. The van der Waals surface area contributed by atoms with Crippen molar-refractivity contribution in [2.75, 3.05) is 18.5 Å². The van der Waals surface area contributed by atoms with Crippen LogP contribution < -0.4 is 11.1 Å². The summed E-state index contributed by atoms with van der Waals surface area (Å²) in [5, 5.41) is 2.94. The number of ether oxygens (including phenoxy) is 1. The molecule has 1 atom stereocenters. The molecule has 2 aromatic rings. The molecule has 0 bridgehead atoms. The number of nitrogens with one attached hydrogen (secondary N) is 1. The number of anilines is 1. The fraction of sp³-hybridized carbons (Fsp3) is 0.500. The maximum atomic E-state index is 12.4. The highest BCUT2D eigenvalue weighted by molar-refractivity contribution is 5.95. The molecule has 3 heterocycles. The first kappa shape index (κ1) is 17.2. The Balaban J connectivity index is 1.43. The third-order valence-electron chi connectivity index (χ3n) is 5.49. The number of imidazole rings is 1. The van der Waals surface area contributed by atoms with E-state index in [1.807, 2.05) is 30.5 Å². The Labute approximate surface area is 153 Å². The van der Waals surface area contributed by atoms with Gasteiger partial charge in [-0.15, -0.1) is 0 Å². The summed E-state index contributed by atoms with van der Waals surface area (Å²) < 4.78 is 7.64. The average molecular weight is 354 g/mol. The van der Waals surface area contributed by atoms with E-state index in [-0.39, 0.29) is 11.8 Å². The molecule has 1 saturated heterocycles. The summed E-state index contributed by atoms with van der Waals surface area (Å²) in [4.78, 5) is 17.0. The van der Waals surface area contributed by atoms with Gasteiger partial charge in [-0.3, -0.25) is 4.79 Å². The van der Waals surface area contributed by atoms with Crippen LogP contribution in [0.3, 0.4) is 0 Å². The van der Waals surface area contributed by atoms with Gasteiger partial charge in [0.15, 0.2) is 0 Å². The molecule has 0 spiro atoms. The molecule has 1 unspecified atom stereocenters. The van der Waals surface area contributed by atoms with Gasteiger partial charge in [0.25, 0.3) is 0 Å². The summed E-state index contributed by atoms with van der Waals surface area (Å²) in [5.74, 6) is 1.08. The lowest BCUT2D eigenvalue weighted by Gasteiger charge is -2.26. The maximum Gasteiger partial charge on any atom is 0.241 e. The fourth-order valence-electron chi connectivity index (χ4n) is 3.88. The van der Waals surface area contributed by atoms with E-state index in [0.29, 0.717) is 13.2 Å². The minimum absolute atomic E-state index is 0.122. The first-order valence-electron chi connectivity index (χ1n) is 9.51. The normalized spacial score (nSPS) is 19.0. The molecule has 2 aliphatic rings. The Morgan fingerprint density at radius 1 is 1.23 bits per heavy atom. The van der Waals surface area contributed by atoms with Gasteiger partial charge in [0.1, 0.15) is 5.82 Å². The van der Waals surface area contributed by atoms with E-state index >= 15 is 0 Å². The van der Waals surface area contributed by atoms with Crippen molar-refractivity contribution in [2.24, 2.45) is 11.7 Å². The Bertz CT molecular complexity index is 763. The third-order valence-corrected chi connectivity index (χ3v) is 5.49. The van der Waals surface area contributed by atoms with Crippen LogP contribution in [0.15, 0.2) is 30.5 Å². The lowest BCUT2D eigenvalue weighted by atomic mass is 9.92. The van der Waals surface area contributed by atoms with Crippen molar-refractivity contribution >= 4 is 11.6 Å². The topological polar surface area (TPSA) is 82.2 Å². The van der Waals surface area contributed by atoms with Crippen LogP contribution >= 0.6 is 0 Å². The Morgan fingerprint density at radius 2 is 2.00 bits per heavy atom. The highest BCUT2D eigenvalue weighted by atomic mass is 16.5. The van der Waals surface area contributed by atoms with Crippen LogP contribution in [-0.2, 0) is 22.5 Å². The number of aromatic nitrogens is 2. The van der Waals surface area contributed by atoms with Crippen LogP contribution in [0.4, 0.5) is 5.69 Å². The van der Waals surface area contributed by atoms with Crippen LogP contribution in [0.1, 0.15) is 31.4 Å². The molecule has 2 aliphatic heterocycles. The van der Waals surface area contributed by atoms with Gasteiger partial charge in [0, 0.05) is 42.9 Å². The summed E-state index contributed by atoms with van der Waals surface area (Å²) >= 11 is 0. The van der Waals surface area contributed by atoms with Gasteiger partial charge in [-0.1, -0.05) is 0 Å². The lowest BCUT2D eigenvalue weighted by Crippen LogP contribution is -2.43. The molecule has 6 heteroatoms. The molecule has 1 aromatic carbocycles. The van der Waals surface area contributed by atoms with E-state index in [4.69, 9.17) is 10.5 Å². The second-order valence-corrected chi connectivity index (χ2v) is 7.22. The molecule has 6 nitrogen and oxygen atoms in total. The van der Waals surface area contributed by atoms with Gasteiger partial charge in [-0.2, -0.15) is 0 Å². The average Bonchev–Trinajstić information content (AvgIpc) is 3.13. The highest BCUT2D eigenvalue weighted by Crippen LogP contribution is 2.26. The Kier molecular flexibility index (Phi) is 5.04. The van der Waals surface area contributed by atoms with Gasteiger partial charge in [-0.25, -0.2) is 4.98 Å². The van der Waals surface area contributed by atoms with Gasteiger partial charge in [-0.05, 0) is 62.3 Å². The summed E-state index contributed by atoms with van der Waals surface area (Å²) in [6.45, 7) is 2.41. The second-order valence-electron chi connectivity index (χ2n) is 7.22. The second kappa shape index (κ2) is 7.60. The predicted molar refractivity (Wildman–Crippen MR) is 101 cm³/mol. The quantitative estimate of drug-likeness (QED) is 0.884. The van der Waals surface area contributed by atoms with Crippen molar-refractivity contribution in [2.45, 2.75) is 44.7 Å². The number of fused-ring (bicyclic) bond motifs is 1. The number of rotatable bonds is 4. The van der Waals surface area contributed by atoms with Gasteiger partial charge in [0.05, 0.1) is 6.04 Å². The molecule has 0 radical (unpaired) electrons. The number of carbonyl (C=O) groups is 1. The summed E-state index contributed by atoms with van der Waals surface area (Å²) in [6.07, 6.45) is 7.22. The number of nitrogens with two attached hydrogens (primary N) is 1. The molecule has 26 heavy (non-hydrogen) atoms. The number of carbonyl (C=O) groups excluding carboxylic acids is 1. The van der Waals surface area contributed by atoms with Gasteiger partial charge < -0.3 is 20.4 Å². The molecule has 0 aliphatic carbocycles. The number of hydrogen-bond donors (Lipinski definition) is 2. The zero-order valence-electron chi connectivity index (χ0n) is 15.0. The van der Waals surface area contributed by atoms with Crippen molar-refractivity contribution in [3.8, 4) is 11.4 Å². The van der Waals surface area contributed by atoms with Crippen molar-refractivity contribution in [3.63, 3.8) is 0 Å². The molecule has 1 amide bonds. The summed E-state index contributed by atoms with van der Waals surface area (Å²) in [7, 11) is 0. The zero-order valence-corrected chi connectivity index (χ0v) is 15.0. The van der Waals surface area contributed by atoms with Crippen molar-refractivity contribution in [1.29, 1.82) is 0 Å². The smallest absolute Gasteiger partial charge is 0.241 e. The minimum atomic E-state index is -0.488. The highest BCUT2D eigenvalue weighted by Gasteiger charge is 2.26. The van der Waals surface area contributed by atoms with Crippen LogP contribution in [0.25, 0.3) is 11.4 Å². The number of amides is 1.